The summed E-state index contributed by atoms with van der Waals surface area (Å²) in [7, 11) is 0. The number of hydrogen-bond acceptors (Lipinski definition) is 9. The van der Waals surface area contributed by atoms with E-state index in [0.29, 0.717) is 45.9 Å². The first-order chi connectivity index (χ1) is 14.4. The fourth-order valence-electron chi connectivity index (χ4n) is 2.63. The monoisotopic (exact) mass is 465 g/mol. The van der Waals surface area contributed by atoms with Crippen LogP contribution in [-0.4, -0.2) is 82.1 Å². The van der Waals surface area contributed by atoms with Crippen molar-refractivity contribution in [2.24, 2.45) is 0 Å². The summed E-state index contributed by atoms with van der Waals surface area (Å²) in [5.74, 6) is 0.102. The third-order valence-corrected chi connectivity index (χ3v) is 4.97. The van der Waals surface area contributed by atoms with E-state index >= 15 is 0 Å². The molecule has 3 atom stereocenters. The van der Waals surface area contributed by atoms with E-state index in [2.05, 4.69) is 15.1 Å². The molecule has 174 valence electrons. The van der Waals surface area contributed by atoms with Crippen LogP contribution < -0.4 is 4.90 Å². The fourth-order valence-corrected chi connectivity index (χ4v) is 3.19. The maximum absolute atomic E-state index is 10.6. The van der Waals surface area contributed by atoms with Gasteiger partial charge in [0.15, 0.2) is 0 Å². The molecule has 9 nitrogen and oxygen atoms in total. The topological polar surface area (TPSA) is 120 Å². The van der Waals surface area contributed by atoms with Crippen molar-refractivity contribution in [3.8, 4) is 0 Å². The Labute approximate surface area is 183 Å². The molecule has 0 heterocycles. The molecule has 3 unspecified atom stereocenters. The lowest BCUT2D eigenvalue weighted by Gasteiger charge is -2.28. The summed E-state index contributed by atoms with van der Waals surface area (Å²) in [5, 5.41) is 0. The zero-order chi connectivity index (χ0) is 22.2. The second kappa shape index (κ2) is 16.7. The van der Waals surface area contributed by atoms with Gasteiger partial charge in [-0.2, -0.15) is 0 Å². The largest absolute Gasteiger partial charge is 0.772 e. The maximum atomic E-state index is 10.6. The van der Waals surface area contributed by atoms with Crippen molar-refractivity contribution in [2.75, 3.05) is 63.4 Å². The third-order valence-electron chi connectivity index (χ3n) is 3.99. The Balaban J connectivity index is 2.36. The molecule has 0 aliphatic carbocycles. The van der Waals surface area contributed by atoms with Gasteiger partial charge in [-0.1, -0.05) is 23.2 Å². The van der Waals surface area contributed by atoms with E-state index in [9.17, 15) is 17.5 Å². The van der Waals surface area contributed by atoms with Crippen LogP contribution in [0, 0.1) is 6.92 Å². The summed E-state index contributed by atoms with van der Waals surface area (Å²) in [6.07, 6.45) is 0.407. The molecule has 0 spiro atoms. The maximum Gasteiger partial charge on any atom is 0.0862 e. The van der Waals surface area contributed by atoms with Gasteiger partial charge in [0.25, 0.3) is 0 Å². The van der Waals surface area contributed by atoms with Crippen LogP contribution in [0.4, 0.5) is 5.69 Å². The Morgan fingerprint density at radius 2 is 1.73 bits per heavy atom. The van der Waals surface area contributed by atoms with Crippen molar-refractivity contribution < 1.29 is 35.9 Å². The van der Waals surface area contributed by atoms with Crippen molar-refractivity contribution in [1.82, 2.24) is 0 Å². The minimum Gasteiger partial charge on any atom is -0.772 e. The van der Waals surface area contributed by atoms with Gasteiger partial charge >= 0.3 is 0 Å². The third kappa shape index (κ3) is 14.1. The van der Waals surface area contributed by atoms with Crippen molar-refractivity contribution in [3.63, 3.8) is 0 Å². The van der Waals surface area contributed by atoms with Gasteiger partial charge in [-0.05, 0) is 38.0 Å². The van der Waals surface area contributed by atoms with Crippen LogP contribution in [0.3, 0.4) is 0 Å². The Kier molecular flexibility index (Phi) is 15.1. The molecule has 0 aliphatic rings. The lowest BCUT2D eigenvalue weighted by atomic mass is 10.2. The molecule has 0 radical (unpaired) electrons. The molecule has 0 N–H and O–H groups in total. The highest BCUT2D eigenvalue weighted by molar-refractivity contribution is 7.79. The Bertz CT molecular complexity index is 634. The summed E-state index contributed by atoms with van der Waals surface area (Å²) in [6, 6.07) is 8.16. The molecule has 0 amide bonds. The fraction of sp³-hybridized carbons (Fsp3) is 0.684. The van der Waals surface area contributed by atoms with E-state index in [4.69, 9.17) is 14.2 Å². The van der Waals surface area contributed by atoms with Gasteiger partial charge < -0.3 is 28.2 Å². The Morgan fingerprint density at radius 3 is 2.40 bits per heavy atom. The lowest BCUT2D eigenvalue weighted by Crippen LogP contribution is -2.35. The Hall–Kier alpha value is -0.920. The summed E-state index contributed by atoms with van der Waals surface area (Å²) < 4.78 is 62.5. The van der Waals surface area contributed by atoms with E-state index in [1.807, 2.05) is 32.0 Å². The zero-order valence-electron chi connectivity index (χ0n) is 17.5. The summed E-state index contributed by atoms with van der Waals surface area (Å²) in [4.78, 5) is 2.17. The van der Waals surface area contributed by atoms with Crippen molar-refractivity contribution in [3.05, 3.63) is 29.8 Å². The highest BCUT2D eigenvalue weighted by Crippen LogP contribution is 2.16. The first-order valence-electron chi connectivity index (χ1n) is 9.75. The molecule has 0 aromatic heterocycles. The molecule has 1 aromatic carbocycles. The van der Waals surface area contributed by atoms with Crippen LogP contribution in [0.1, 0.15) is 18.9 Å². The smallest absolute Gasteiger partial charge is 0.0862 e. The molecular formula is C19H31NO8S2-2. The molecule has 1 rings (SSSR count). The van der Waals surface area contributed by atoms with Crippen LogP contribution in [0.5, 0.6) is 0 Å². The second-order valence-electron chi connectivity index (χ2n) is 6.58. The first-order valence-corrected chi connectivity index (χ1v) is 12.0. The number of nitrogens with zero attached hydrogens (tertiary/aromatic N) is 1. The SMILES string of the molecule is Cc1cccc(N(CCOCCOCCOS(=O)[O-])CC(C)OCCCS(=O)[O-])c1. The van der Waals surface area contributed by atoms with Crippen LogP contribution in [0.25, 0.3) is 0 Å². The number of anilines is 1. The molecule has 0 saturated heterocycles. The van der Waals surface area contributed by atoms with Crippen LogP contribution in [0.15, 0.2) is 24.3 Å². The van der Waals surface area contributed by atoms with Crippen molar-refractivity contribution >= 4 is 28.1 Å². The molecule has 11 heteroatoms. The lowest BCUT2D eigenvalue weighted by molar-refractivity contribution is 0.0374. The first kappa shape index (κ1) is 27.1. The minimum atomic E-state index is -2.52. The van der Waals surface area contributed by atoms with E-state index in [0.717, 1.165) is 11.3 Å². The van der Waals surface area contributed by atoms with E-state index < -0.39 is 22.4 Å². The average Bonchev–Trinajstić information content (AvgIpc) is 2.68. The summed E-state index contributed by atoms with van der Waals surface area (Å²) >= 11 is -4.55. The quantitative estimate of drug-likeness (QED) is 0.233. The van der Waals surface area contributed by atoms with Crippen molar-refractivity contribution in [2.45, 2.75) is 26.4 Å². The van der Waals surface area contributed by atoms with E-state index in [1.165, 1.54) is 0 Å². The van der Waals surface area contributed by atoms with Gasteiger partial charge in [-0.15, -0.1) is 0 Å². The van der Waals surface area contributed by atoms with Gasteiger partial charge in [0.1, 0.15) is 0 Å². The molecule has 1 aromatic rings. The predicted octanol–water partition coefficient (Wildman–Crippen LogP) is 1.32. The highest BCUT2D eigenvalue weighted by Gasteiger charge is 2.12. The number of benzene rings is 1. The van der Waals surface area contributed by atoms with E-state index in [1.54, 1.807) is 0 Å². The summed E-state index contributed by atoms with van der Waals surface area (Å²) in [5.41, 5.74) is 2.22. The highest BCUT2D eigenvalue weighted by atomic mass is 32.2. The molecule has 0 aliphatic heterocycles. The van der Waals surface area contributed by atoms with Gasteiger partial charge in [0.05, 0.1) is 50.5 Å². The number of aryl methyl sites for hydroxylation is 1. The Morgan fingerprint density at radius 1 is 1.03 bits per heavy atom. The predicted molar refractivity (Wildman–Crippen MR) is 114 cm³/mol. The average molecular weight is 466 g/mol. The molecule has 0 saturated carbocycles. The zero-order valence-corrected chi connectivity index (χ0v) is 19.1. The second-order valence-corrected chi connectivity index (χ2v) is 8.24. The standard InChI is InChI=1S/C19H33NO8S2/c1-17-5-3-6-19(15-17)20(16-18(2)27-8-4-14-29(21)22)7-9-25-10-11-26-12-13-28-30(23)24/h3,5-6,15,18H,4,7-14,16H2,1-2H3,(H,21,22)(H,23,24)/p-2. The van der Waals surface area contributed by atoms with Gasteiger partial charge in [0.2, 0.25) is 0 Å². The van der Waals surface area contributed by atoms with Crippen LogP contribution >= 0.6 is 0 Å². The molecule has 30 heavy (non-hydrogen) atoms. The van der Waals surface area contributed by atoms with Gasteiger partial charge in [-0.25, -0.2) is 4.21 Å². The summed E-state index contributed by atoms with van der Waals surface area (Å²) in [6.45, 7) is 7.08. The molecular weight excluding hydrogens is 434 g/mol. The van der Waals surface area contributed by atoms with Gasteiger partial charge in [0, 0.05) is 31.1 Å². The minimum absolute atomic E-state index is 0.0140. The number of hydrogen-bond donors (Lipinski definition) is 0. The van der Waals surface area contributed by atoms with Crippen molar-refractivity contribution in [1.29, 1.82) is 0 Å². The molecule has 0 fully saturated rings. The van der Waals surface area contributed by atoms with Gasteiger partial charge in [-0.3, -0.25) is 8.39 Å². The molecule has 0 bridgehead atoms. The van der Waals surface area contributed by atoms with Crippen LogP contribution in [-0.2, 0) is 40.8 Å². The normalized spacial score (nSPS) is 14.4. The van der Waals surface area contributed by atoms with E-state index in [-0.39, 0.29) is 25.1 Å². The number of rotatable bonds is 18. The number of ether oxygens (including phenoxy) is 3. The van der Waals surface area contributed by atoms with Crippen LogP contribution in [0.2, 0.25) is 0 Å².